The molecule has 3 amide bonds. The van der Waals surface area contributed by atoms with E-state index >= 15 is 0 Å². The molecule has 1 saturated heterocycles. The van der Waals surface area contributed by atoms with Gasteiger partial charge in [0.2, 0.25) is 18.6 Å². The average Bonchev–Trinajstić information content (AvgIpc) is 3.61. The van der Waals surface area contributed by atoms with Gasteiger partial charge in [-0.3, -0.25) is 14.4 Å². The molecule has 270 valence electrons. The van der Waals surface area contributed by atoms with Gasteiger partial charge < -0.3 is 40.0 Å². The number of hydrogen-bond donors (Lipinski definition) is 4. The fourth-order valence-electron chi connectivity index (χ4n) is 6.38. The van der Waals surface area contributed by atoms with E-state index in [1.54, 1.807) is 47.4 Å². The van der Waals surface area contributed by atoms with Crippen LogP contribution in [0.5, 0.6) is 17.2 Å². The summed E-state index contributed by atoms with van der Waals surface area (Å²) in [6, 6.07) is 16.0. The zero-order valence-electron chi connectivity index (χ0n) is 28.7. The summed E-state index contributed by atoms with van der Waals surface area (Å²) in [4.78, 5) is 51.7. The Hall–Kier alpha value is -4.82. The van der Waals surface area contributed by atoms with Crippen molar-refractivity contribution in [1.29, 1.82) is 0 Å². The van der Waals surface area contributed by atoms with Gasteiger partial charge in [-0.15, -0.1) is 11.8 Å². The molecule has 2 heterocycles. The number of anilines is 1. The lowest BCUT2D eigenvalue weighted by Gasteiger charge is -2.47. The maximum absolute atomic E-state index is 13.7. The summed E-state index contributed by atoms with van der Waals surface area (Å²) in [5.41, 5.74) is 1.90. The van der Waals surface area contributed by atoms with Crippen LogP contribution in [0.2, 0.25) is 0 Å². The lowest BCUT2D eigenvalue weighted by atomic mass is 9.85. The number of ether oxygens (including phenoxy) is 3. The maximum atomic E-state index is 13.7. The summed E-state index contributed by atoms with van der Waals surface area (Å²) in [6.07, 6.45) is 3.01. The predicted molar refractivity (Wildman–Crippen MR) is 186 cm³/mol. The third-order valence-corrected chi connectivity index (χ3v) is 10.4. The molecule has 3 aliphatic rings. The Morgan fingerprint density at radius 2 is 1.73 bits per heavy atom. The first-order valence-corrected chi connectivity index (χ1v) is 17.8. The summed E-state index contributed by atoms with van der Waals surface area (Å²) in [6.45, 7) is -0.750. The summed E-state index contributed by atoms with van der Waals surface area (Å²) in [5, 5.41) is 24.8. The van der Waals surface area contributed by atoms with E-state index in [1.165, 1.54) is 36.0 Å². The first-order valence-electron chi connectivity index (χ1n) is 17.3. The molecule has 2 aliphatic heterocycles. The molecule has 0 spiro atoms. The van der Waals surface area contributed by atoms with Gasteiger partial charge in [0.05, 0.1) is 18.7 Å². The molecule has 2 fully saturated rings. The molecule has 3 aromatic carbocycles. The zero-order chi connectivity index (χ0) is 36.8. The van der Waals surface area contributed by atoms with E-state index in [2.05, 4.69) is 10.6 Å². The van der Waals surface area contributed by atoms with Crippen molar-refractivity contribution in [1.82, 2.24) is 10.6 Å². The molecule has 4 N–H and O–H groups in total. The number of carboxylic acids is 1. The van der Waals surface area contributed by atoms with Crippen molar-refractivity contribution >= 4 is 41.1 Å². The van der Waals surface area contributed by atoms with Gasteiger partial charge in [-0.25, -0.2) is 9.18 Å². The number of carboxylic acid groups (broad SMARTS) is 1. The second kappa shape index (κ2) is 16.5. The number of fused-ring (bicyclic) bond motifs is 1. The molecule has 0 aromatic heterocycles. The topological polar surface area (TPSA) is 164 Å². The minimum absolute atomic E-state index is 0.000355. The normalized spacial score (nSPS) is 20.4. The molecule has 0 bridgehead atoms. The number of nitrogens with zero attached hydrogens (tertiary/aromatic N) is 1. The third kappa shape index (κ3) is 8.92. The van der Waals surface area contributed by atoms with Crippen molar-refractivity contribution in [2.24, 2.45) is 5.89 Å². The van der Waals surface area contributed by atoms with Crippen LogP contribution < -0.4 is 29.7 Å². The lowest BCUT2D eigenvalue weighted by Crippen LogP contribution is -2.57. The van der Waals surface area contributed by atoms with E-state index in [4.69, 9.17) is 15.6 Å². The van der Waals surface area contributed by atoms with Crippen molar-refractivity contribution in [2.75, 3.05) is 30.6 Å². The minimum atomic E-state index is -1.22. The van der Waals surface area contributed by atoms with Crippen LogP contribution >= 0.6 is 11.8 Å². The number of nitrogens with one attached hydrogen (secondary N) is 2. The first-order chi connectivity index (χ1) is 25.0. The van der Waals surface area contributed by atoms with Crippen LogP contribution in [0.4, 0.5) is 10.1 Å². The Balaban J connectivity index is 1.03. The van der Waals surface area contributed by atoms with E-state index in [-0.39, 0.29) is 24.9 Å². The van der Waals surface area contributed by atoms with Crippen LogP contribution in [-0.4, -0.2) is 70.9 Å². The number of β-lactam (4-membered cyclic amide) rings is 1. The largest absolute Gasteiger partial charge is 0.484 e. The maximum Gasteiger partial charge on any atom is 0.326 e. The Labute approximate surface area is 300 Å². The second-order valence-corrected chi connectivity index (χ2v) is 13.8. The number of aliphatic hydroxyl groups is 1. The summed E-state index contributed by atoms with van der Waals surface area (Å²) in [5.74, 6) is -2.30. The number of amides is 3. The van der Waals surface area contributed by atoms with E-state index in [0.717, 1.165) is 24.8 Å². The molecule has 6 rings (SSSR count). The van der Waals surface area contributed by atoms with Crippen LogP contribution in [-0.2, 0) is 19.2 Å². The highest BCUT2D eigenvalue weighted by atomic mass is 32.2. The molecule has 3 aromatic rings. The van der Waals surface area contributed by atoms with Crippen molar-refractivity contribution in [2.45, 2.75) is 62.0 Å². The molecular weight excluding hydrogens is 681 g/mol. The number of halogens is 1. The van der Waals surface area contributed by atoms with E-state index in [1.807, 2.05) is 0 Å². The Bertz CT molecular complexity index is 1770. The van der Waals surface area contributed by atoms with Crippen LogP contribution in [0.3, 0.4) is 0 Å². The fourth-order valence-corrected chi connectivity index (χ4v) is 7.68. The van der Waals surface area contributed by atoms with Crippen LogP contribution in [0, 0.1) is 11.7 Å². The summed E-state index contributed by atoms with van der Waals surface area (Å²) in [7, 11) is 0. The van der Waals surface area contributed by atoms with Crippen molar-refractivity contribution in [3.8, 4) is 17.2 Å². The van der Waals surface area contributed by atoms with Crippen LogP contribution in [0.15, 0.2) is 66.7 Å². The van der Waals surface area contributed by atoms with Gasteiger partial charge in [-0.2, -0.15) is 0 Å². The molecule has 14 heteroatoms. The molecule has 1 unspecified atom stereocenters. The summed E-state index contributed by atoms with van der Waals surface area (Å²) >= 11 is 1.31. The van der Waals surface area contributed by atoms with Gasteiger partial charge in [0.1, 0.15) is 22.9 Å². The Morgan fingerprint density at radius 1 is 1.00 bits per heavy atom. The number of carbonyl (C=O) groups is 4. The minimum Gasteiger partial charge on any atom is -0.484 e. The number of aliphatic carboxylic acids is 1. The van der Waals surface area contributed by atoms with E-state index < -0.39 is 66.1 Å². The SMILES string of the molecule is [2H]C1(C[C@H](NC(=O)CNC(=O)COc2ccc([C@@H]3[C@@H](SCC(O)c4ccc5c(c4)OCO5)C(=O)N3c3ccc(F)cc3)cc2)C(=O)O)CCCCC1. The highest BCUT2D eigenvalue weighted by molar-refractivity contribution is 8.00. The average molecular weight is 723 g/mol. The monoisotopic (exact) mass is 722 g/mol. The van der Waals surface area contributed by atoms with Gasteiger partial charge in [0.15, 0.2) is 18.1 Å². The smallest absolute Gasteiger partial charge is 0.326 e. The molecule has 4 atom stereocenters. The summed E-state index contributed by atoms with van der Waals surface area (Å²) < 4.78 is 38.6. The van der Waals surface area contributed by atoms with Gasteiger partial charge >= 0.3 is 5.97 Å². The number of benzene rings is 3. The molecule has 1 saturated carbocycles. The predicted octanol–water partition coefficient (Wildman–Crippen LogP) is 4.51. The molecule has 51 heavy (non-hydrogen) atoms. The third-order valence-electron chi connectivity index (χ3n) is 9.09. The van der Waals surface area contributed by atoms with Gasteiger partial charge in [-0.05, 0) is 72.0 Å². The number of rotatable bonds is 15. The number of carbonyl (C=O) groups excluding carboxylic acids is 3. The number of aliphatic hydroxyl groups excluding tert-OH is 1. The van der Waals surface area contributed by atoms with Gasteiger partial charge in [-0.1, -0.05) is 50.3 Å². The van der Waals surface area contributed by atoms with Crippen molar-refractivity contribution < 1.29 is 49.4 Å². The van der Waals surface area contributed by atoms with Gasteiger partial charge in [0.25, 0.3) is 5.91 Å². The second-order valence-electron chi connectivity index (χ2n) is 12.6. The molecule has 12 nitrogen and oxygen atoms in total. The zero-order valence-corrected chi connectivity index (χ0v) is 28.5. The van der Waals surface area contributed by atoms with Crippen molar-refractivity contribution in [3.05, 3.63) is 83.7 Å². The molecule has 1 aliphatic carbocycles. The highest BCUT2D eigenvalue weighted by Crippen LogP contribution is 2.46. The van der Waals surface area contributed by atoms with Crippen LogP contribution in [0.25, 0.3) is 0 Å². The molecular formula is C37H40FN3O9S. The Morgan fingerprint density at radius 3 is 2.45 bits per heavy atom. The van der Waals surface area contributed by atoms with Crippen LogP contribution in [0.1, 0.15) is 63.2 Å². The number of hydrogen-bond acceptors (Lipinski definition) is 9. The molecule has 0 radical (unpaired) electrons. The van der Waals surface area contributed by atoms with Crippen molar-refractivity contribution in [3.63, 3.8) is 0 Å². The lowest BCUT2D eigenvalue weighted by molar-refractivity contribution is -0.142. The van der Waals surface area contributed by atoms with E-state index in [0.29, 0.717) is 41.3 Å². The first kappa shape index (κ1) is 34.6. The fraction of sp³-hybridized carbons (Fsp3) is 0.405. The standard InChI is InChI=1S/C37H40FN3O9S/c38-25-9-11-26(12-10-25)41-34(35(36(41)45)51-20-29(42)24-8-15-30-31(17-24)50-21-49-30)23-6-13-27(14-7-23)48-19-33(44)39-18-32(43)40-28(37(46)47)16-22-4-2-1-3-5-22/h6-15,17,22,28-29,34-35,42H,1-5,16,18-21H2,(H,39,44)(H,40,43)(H,46,47)/t28-,29?,34+,35+/m0/s1/i22D. The van der Waals surface area contributed by atoms with Gasteiger partial charge in [0, 0.05) is 12.8 Å². The van der Waals surface area contributed by atoms with E-state index in [9.17, 15) is 33.8 Å². The quantitative estimate of drug-likeness (QED) is 0.164. The highest BCUT2D eigenvalue weighted by Gasteiger charge is 2.49. The Kier molecular flexibility index (Phi) is 11.2. The number of thioether (sulfide) groups is 1.